The van der Waals surface area contributed by atoms with E-state index in [0.717, 1.165) is 6.54 Å². The Morgan fingerprint density at radius 1 is 1.00 bits per heavy atom. The molecule has 1 saturated carbocycles. The molecule has 2 heteroatoms. The maximum Gasteiger partial charge on any atom is 0.0605 e. The first-order valence-corrected chi connectivity index (χ1v) is 6.23. The molecule has 0 amide bonds. The monoisotopic (exact) mass is 197 g/mol. The molecule has 0 spiro atoms. The van der Waals surface area contributed by atoms with Gasteiger partial charge in [-0.05, 0) is 39.2 Å². The van der Waals surface area contributed by atoms with E-state index in [-0.39, 0.29) is 0 Å². The molecule has 2 aliphatic rings. The van der Waals surface area contributed by atoms with E-state index in [9.17, 15) is 0 Å². The Morgan fingerprint density at radius 3 is 2.50 bits per heavy atom. The van der Waals surface area contributed by atoms with E-state index in [1.54, 1.807) is 0 Å². The average Bonchev–Trinajstić information content (AvgIpc) is 2.19. The molecule has 0 aromatic carbocycles. The lowest BCUT2D eigenvalue weighted by Gasteiger charge is -2.32. The zero-order valence-corrected chi connectivity index (χ0v) is 9.30. The zero-order chi connectivity index (χ0) is 9.80. The first-order chi connectivity index (χ1) is 6.84. The summed E-state index contributed by atoms with van der Waals surface area (Å²) in [6.45, 7) is 3.40. The smallest absolute Gasteiger partial charge is 0.0605 e. The summed E-state index contributed by atoms with van der Waals surface area (Å²) in [5.41, 5.74) is 0. The third kappa shape index (κ3) is 2.96. The lowest BCUT2D eigenvalue weighted by molar-refractivity contribution is -0.0474. The van der Waals surface area contributed by atoms with Crippen molar-refractivity contribution in [1.82, 2.24) is 5.32 Å². The van der Waals surface area contributed by atoms with E-state index in [1.165, 1.54) is 44.9 Å². The molecular formula is C12H23NO. The maximum atomic E-state index is 6.16. The molecule has 2 unspecified atom stereocenters. The topological polar surface area (TPSA) is 21.3 Å². The SMILES string of the molecule is CC1CC(OC2CCCCC2)CCN1. The third-order valence-corrected chi connectivity index (χ3v) is 3.51. The minimum Gasteiger partial charge on any atom is -0.375 e. The number of hydrogen-bond acceptors (Lipinski definition) is 2. The molecule has 0 aromatic rings. The molecule has 0 radical (unpaired) electrons. The summed E-state index contributed by atoms with van der Waals surface area (Å²) in [6.07, 6.45) is 10.3. The molecule has 2 atom stereocenters. The van der Waals surface area contributed by atoms with Crippen LogP contribution in [0, 0.1) is 0 Å². The van der Waals surface area contributed by atoms with Crippen LogP contribution in [0.15, 0.2) is 0 Å². The number of piperidine rings is 1. The number of nitrogens with one attached hydrogen (secondary N) is 1. The van der Waals surface area contributed by atoms with Gasteiger partial charge in [-0.3, -0.25) is 0 Å². The predicted molar refractivity (Wildman–Crippen MR) is 58.4 cm³/mol. The van der Waals surface area contributed by atoms with Gasteiger partial charge in [-0.25, -0.2) is 0 Å². The quantitative estimate of drug-likeness (QED) is 0.734. The van der Waals surface area contributed by atoms with Crippen LogP contribution in [0.5, 0.6) is 0 Å². The summed E-state index contributed by atoms with van der Waals surface area (Å²) in [7, 11) is 0. The van der Waals surface area contributed by atoms with E-state index in [1.807, 2.05) is 0 Å². The third-order valence-electron chi connectivity index (χ3n) is 3.51. The molecule has 0 bridgehead atoms. The van der Waals surface area contributed by atoms with Crippen LogP contribution in [0.1, 0.15) is 51.9 Å². The minimum absolute atomic E-state index is 0.536. The van der Waals surface area contributed by atoms with Crippen molar-refractivity contribution in [3.8, 4) is 0 Å². The van der Waals surface area contributed by atoms with Gasteiger partial charge in [-0.15, -0.1) is 0 Å². The number of hydrogen-bond donors (Lipinski definition) is 1. The highest BCUT2D eigenvalue weighted by Crippen LogP contribution is 2.24. The van der Waals surface area contributed by atoms with Crippen LogP contribution in [-0.4, -0.2) is 24.8 Å². The first kappa shape index (κ1) is 10.4. The van der Waals surface area contributed by atoms with Crippen molar-refractivity contribution in [3.05, 3.63) is 0 Å². The van der Waals surface area contributed by atoms with Gasteiger partial charge in [-0.2, -0.15) is 0 Å². The van der Waals surface area contributed by atoms with Gasteiger partial charge in [-0.1, -0.05) is 19.3 Å². The largest absolute Gasteiger partial charge is 0.375 e. The number of ether oxygens (including phenoxy) is 1. The molecule has 2 nitrogen and oxygen atoms in total. The summed E-state index contributed by atoms with van der Waals surface area (Å²) >= 11 is 0. The van der Waals surface area contributed by atoms with Crippen LogP contribution in [0.25, 0.3) is 0 Å². The van der Waals surface area contributed by atoms with Crippen molar-refractivity contribution in [2.24, 2.45) is 0 Å². The van der Waals surface area contributed by atoms with Crippen molar-refractivity contribution in [3.63, 3.8) is 0 Å². The molecule has 0 aromatic heterocycles. The van der Waals surface area contributed by atoms with E-state index < -0.39 is 0 Å². The van der Waals surface area contributed by atoms with E-state index in [2.05, 4.69) is 12.2 Å². The minimum atomic E-state index is 0.536. The van der Waals surface area contributed by atoms with Crippen molar-refractivity contribution < 1.29 is 4.74 Å². The molecule has 2 fully saturated rings. The highest BCUT2D eigenvalue weighted by Gasteiger charge is 2.23. The van der Waals surface area contributed by atoms with Gasteiger partial charge in [0, 0.05) is 6.04 Å². The normalized spacial score (nSPS) is 35.8. The van der Waals surface area contributed by atoms with Gasteiger partial charge < -0.3 is 10.1 Å². The summed E-state index contributed by atoms with van der Waals surface area (Å²) < 4.78 is 6.16. The van der Waals surface area contributed by atoms with Crippen molar-refractivity contribution in [2.45, 2.75) is 70.1 Å². The Balaban J connectivity index is 1.72. The van der Waals surface area contributed by atoms with Crippen molar-refractivity contribution >= 4 is 0 Å². The van der Waals surface area contributed by atoms with Gasteiger partial charge in [0.2, 0.25) is 0 Å². The molecule has 1 N–H and O–H groups in total. The Hall–Kier alpha value is -0.0800. The van der Waals surface area contributed by atoms with Crippen LogP contribution in [0.3, 0.4) is 0 Å². The lowest BCUT2D eigenvalue weighted by Crippen LogP contribution is -2.40. The average molecular weight is 197 g/mol. The Labute approximate surface area is 87.4 Å². The second-order valence-electron chi connectivity index (χ2n) is 4.90. The van der Waals surface area contributed by atoms with Gasteiger partial charge in [0.1, 0.15) is 0 Å². The fraction of sp³-hybridized carbons (Fsp3) is 1.00. The van der Waals surface area contributed by atoms with Gasteiger partial charge in [0.15, 0.2) is 0 Å². The highest BCUT2D eigenvalue weighted by molar-refractivity contribution is 4.77. The Kier molecular flexibility index (Phi) is 3.82. The summed E-state index contributed by atoms with van der Waals surface area (Å²) in [6, 6.07) is 0.650. The molecule has 1 saturated heterocycles. The maximum absolute atomic E-state index is 6.16. The Bertz CT molecular complexity index is 166. The Morgan fingerprint density at radius 2 is 1.79 bits per heavy atom. The summed E-state index contributed by atoms with van der Waals surface area (Å²) in [4.78, 5) is 0. The second kappa shape index (κ2) is 5.13. The van der Waals surface area contributed by atoms with E-state index in [0.29, 0.717) is 18.2 Å². The first-order valence-electron chi connectivity index (χ1n) is 6.23. The van der Waals surface area contributed by atoms with Crippen molar-refractivity contribution in [1.29, 1.82) is 0 Å². The summed E-state index contributed by atoms with van der Waals surface area (Å²) in [5, 5.41) is 3.47. The second-order valence-corrected chi connectivity index (χ2v) is 4.90. The van der Waals surface area contributed by atoms with Crippen LogP contribution in [-0.2, 0) is 4.74 Å². The standard InChI is InChI=1S/C12H23NO/c1-10-9-12(7-8-13-10)14-11-5-3-2-4-6-11/h10-13H,2-9H2,1H3. The molecule has 2 rings (SSSR count). The van der Waals surface area contributed by atoms with Crippen LogP contribution in [0.2, 0.25) is 0 Å². The highest BCUT2D eigenvalue weighted by atomic mass is 16.5. The van der Waals surface area contributed by atoms with Gasteiger partial charge in [0.05, 0.1) is 12.2 Å². The lowest BCUT2D eigenvalue weighted by atomic mass is 9.96. The molecule has 1 heterocycles. The van der Waals surface area contributed by atoms with Crippen molar-refractivity contribution in [2.75, 3.05) is 6.54 Å². The van der Waals surface area contributed by atoms with Crippen LogP contribution >= 0.6 is 0 Å². The van der Waals surface area contributed by atoms with E-state index >= 15 is 0 Å². The molecule has 1 aliphatic heterocycles. The number of rotatable bonds is 2. The van der Waals surface area contributed by atoms with Crippen LogP contribution < -0.4 is 5.32 Å². The van der Waals surface area contributed by atoms with E-state index in [4.69, 9.17) is 4.74 Å². The molecule has 14 heavy (non-hydrogen) atoms. The van der Waals surface area contributed by atoms with Gasteiger partial charge in [0.25, 0.3) is 0 Å². The zero-order valence-electron chi connectivity index (χ0n) is 9.30. The van der Waals surface area contributed by atoms with Crippen LogP contribution in [0.4, 0.5) is 0 Å². The predicted octanol–water partition coefficient (Wildman–Crippen LogP) is 2.48. The molecule has 1 aliphatic carbocycles. The molecule has 82 valence electrons. The molecular weight excluding hydrogens is 174 g/mol. The summed E-state index contributed by atoms with van der Waals surface area (Å²) in [5.74, 6) is 0. The fourth-order valence-corrected chi connectivity index (χ4v) is 2.68. The fourth-order valence-electron chi connectivity index (χ4n) is 2.68. The van der Waals surface area contributed by atoms with Gasteiger partial charge >= 0.3 is 0 Å².